The number of fused-ring (bicyclic) bond motifs is 1. The summed E-state index contributed by atoms with van der Waals surface area (Å²) in [6.45, 7) is 3.94. The molecule has 0 saturated carbocycles. The Bertz CT molecular complexity index is 1520. The molecule has 1 aliphatic rings. The summed E-state index contributed by atoms with van der Waals surface area (Å²) in [4.78, 5) is 13.2. The lowest BCUT2D eigenvalue weighted by Crippen LogP contribution is -2.22. The maximum atomic E-state index is 13.6. The first-order valence-electron chi connectivity index (χ1n) is 11.3. The van der Waals surface area contributed by atoms with Crippen LogP contribution in [0.1, 0.15) is 35.7 Å². The molecule has 1 fully saturated rings. The highest BCUT2D eigenvalue weighted by atomic mass is 32.2. The van der Waals surface area contributed by atoms with Crippen LogP contribution >= 0.6 is 0 Å². The number of benzene rings is 3. The normalized spacial score (nSPS) is 19.5. The molecule has 0 bridgehead atoms. The highest BCUT2D eigenvalue weighted by Gasteiger charge is 2.39. The van der Waals surface area contributed by atoms with Crippen LogP contribution in [-0.4, -0.2) is 30.3 Å². The average Bonchev–Trinajstić information content (AvgIpc) is 3.30. The number of hydrogen-bond acceptors (Lipinski definition) is 3. The largest absolute Gasteiger partial charge is 0.316 e. The Morgan fingerprint density at radius 3 is 2.44 bits per heavy atom. The smallest absolute Gasteiger partial charge is 0.163 e. The molecule has 1 aliphatic heterocycles. The van der Waals surface area contributed by atoms with Crippen molar-refractivity contribution in [3.8, 4) is 16.8 Å². The van der Waals surface area contributed by atoms with Gasteiger partial charge in [0.1, 0.15) is 5.82 Å². The molecule has 4 nitrogen and oxygen atoms in total. The Kier molecular flexibility index (Phi) is 5.44. The Labute approximate surface area is 199 Å². The number of carbonyl (C=O) groups is 1. The van der Waals surface area contributed by atoms with Gasteiger partial charge in [0.2, 0.25) is 0 Å². The molecule has 4 aromatic rings. The third-order valence-electron chi connectivity index (χ3n) is 6.84. The van der Waals surface area contributed by atoms with Crippen LogP contribution in [-0.2, 0) is 9.84 Å². The lowest BCUT2D eigenvalue weighted by Gasteiger charge is -2.20. The number of hydrogen-bond donors (Lipinski definition) is 0. The molecule has 3 aromatic carbocycles. The van der Waals surface area contributed by atoms with Gasteiger partial charge in [0.25, 0.3) is 0 Å². The molecule has 0 radical (unpaired) electrons. The SMILES string of the molecule is Cc1ccccc1-c1cn(-c2ccc(F)cc2)c2cc(C(=O)CC3(C)CCS(=O)(=O)C3)ccc12. The fourth-order valence-electron chi connectivity index (χ4n) is 5.01. The molecule has 1 unspecified atom stereocenters. The summed E-state index contributed by atoms with van der Waals surface area (Å²) in [5, 5.41) is 0.991. The second-order valence-electron chi connectivity index (χ2n) is 9.69. The second-order valence-corrected chi connectivity index (χ2v) is 11.9. The highest BCUT2D eigenvalue weighted by Crippen LogP contribution is 2.38. The van der Waals surface area contributed by atoms with Gasteiger partial charge in [-0.2, -0.15) is 0 Å². The van der Waals surface area contributed by atoms with Crippen molar-refractivity contribution in [3.63, 3.8) is 0 Å². The van der Waals surface area contributed by atoms with Gasteiger partial charge in [-0.3, -0.25) is 4.79 Å². The van der Waals surface area contributed by atoms with E-state index in [1.165, 1.54) is 12.1 Å². The van der Waals surface area contributed by atoms with E-state index >= 15 is 0 Å². The minimum absolute atomic E-state index is 0.0529. The Hall–Kier alpha value is -3.25. The fourth-order valence-corrected chi connectivity index (χ4v) is 7.27. The number of carbonyl (C=O) groups excluding carboxylic acids is 1. The average molecular weight is 476 g/mol. The zero-order valence-corrected chi connectivity index (χ0v) is 20.0. The first-order chi connectivity index (χ1) is 16.1. The van der Waals surface area contributed by atoms with Gasteiger partial charge in [0.05, 0.1) is 17.0 Å². The number of nitrogens with zero attached hydrogens (tertiary/aromatic N) is 1. The minimum atomic E-state index is -3.08. The summed E-state index contributed by atoms with van der Waals surface area (Å²) in [5.74, 6) is -0.179. The van der Waals surface area contributed by atoms with E-state index in [0.29, 0.717) is 12.0 Å². The van der Waals surface area contributed by atoms with E-state index in [4.69, 9.17) is 0 Å². The van der Waals surface area contributed by atoms with Crippen molar-refractivity contribution in [1.82, 2.24) is 4.57 Å². The van der Waals surface area contributed by atoms with Crippen molar-refractivity contribution >= 4 is 26.5 Å². The van der Waals surface area contributed by atoms with E-state index in [9.17, 15) is 17.6 Å². The molecular formula is C28H26FNO3S. The Morgan fingerprint density at radius 1 is 1.03 bits per heavy atom. The van der Waals surface area contributed by atoms with Crippen molar-refractivity contribution in [2.45, 2.75) is 26.7 Å². The third kappa shape index (κ3) is 4.18. The van der Waals surface area contributed by atoms with Crippen LogP contribution in [0.25, 0.3) is 27.7 Å². The lowest BCUT2D eigenvalue weighted by atomic mass is 9.83. The molecule has 0 spiro atoms. The molecule has 2 heterocycles. The first-order valence-corrected chi connectivity index (χ1v) is 13.2. The number of rotatable bonds is 5. The predicted octanol–water partition coefficient (Wildman–Crippen LogP) is 6.14. The number of Topliss-reactive ketones (excluding diaryl/α,β-unsaturated/α-hetero) is 1. The number of halogens is 1. The molecule has 34 heavy (non-hydrogen) atoms. The Balaban J connectivity index is 1.62. The van der Waals surface area contributed by atoms with Crippen molar-refractivity contribution in [3.05, 3.63) is 89.9 Å². The zero-order chi connectivity index (χ0) is 24.1. The summed E-state index contributed by atoms with van der Waals surface area (Å²) in [6.07, 6.45) is 2.73. The fraction of sp³-hybridized carbons (Fsp3) is 0.250. The van der Waals surface area contributed by atoms with Crippen molar-refractivity contribution < 1.29 is 17.6 Å². The zero-order valence-electron chi connectivity index (χ0n) is 19.2. The first kappa shape index (κ1) is 22.5. The molecule has 0 N–H and O–H groups in total. The van der Waals surface area contributed by atoms with Crippen LogP contribution < -0.4 is 0 Å². The molecule has 0 amide bonds. The van der Waals surface area contributed by atoms with E-state index in [1.807, 2.05) is 48.0 Å². The van der Waals surface area contributed by atoms with Crippen LogP contribution in [0.2, 0.25) is 0 Å². The summed E-state index contributed by atoms with van der Waals surface area (Å²) in [5.41, 5.74) is 4.92. The Morgan fingerprint density at radius 2 is 1.76 bits per heavy atom. The molecular weight excluding hydrogens is 449 g/mol. The molecule has 174 valence electrons. The van der Waals surface area contributed by atoms with Crippen LogP contribution in [0.5, 0.6) is 0 Å². The summed E-state index contributed by atoms with van der Waals surface area (Å²) in [7, 11) is -3.08. The van der Waals surface area contributed by atoms with Crippen LogP contribution in [0.15, 0.2) is 72.9 Å². The topological polar surface area (TPSA) is 56.1 Å². The predicted molar refractivity (Wildman–Crippen MR) is 134 cm³/mol. The molecule has 0 aliphatic carbocycles. The lowest BCUT2D eigenvalue weighted by molar-refractivity contribution is 0.0934. The van der Waals surface area contributed by atoms with Gasteiger partial charge >= 0.3 is 0 Å². The van der Waals surface area contributed by atoms with E-state index in [0.717, 1.165) is 33.3 Å². The second kappa shape index (κ2) is 8.20. The minimum Gasteiger partial charge on any atom is -0.316 e. The van der Waals surface area contributed by atoms with Crippen molar-refractivity contribution in [2.24, 2.45) is 5.41 Å². The van der Waals surface area contributed by atoms with Crippen LogP contribution in [0, 0.1) is 18.2 Å². The number of ketones is 1. The molecule has 1 atom stereocenters. The highest BCUT2D eigenvalue weighted by molar-refractivity contribution is 7.91. The standard InChI is InChI=1S/C28H26FNO3S/c1-19-5-3-4-6-23(19)25-17-30(22-10-8-21(29)9-11-22)26-15-20(7-12-24(25)26)27(31)16-28(2)13-14-34(32,33)18-28/h3-12,15,17H,13-14,16,18H2,1-2H3. The molecule has 1 aromatic heterocycles. The van der Waals surface area contributed by atoms with Gasteiger partial charge in [0.15, 0.2) is 15.6 Å². The van der Waals surface area contributed by atoms with Gasteiger partial charge in [-0.05, 0) is 60.2 Å². The summed E-state index contributed by atoms with van der Waals surface area (Å²) < 4.78 is 39.6. The van der Waals surface area contributed by atoms with Crippen LogP contribution in [0.3, 0.4) is 0 Å². The third-order valence-corrected chi connectivity index (χ3v) is 8.80. The van der Waals surface area contributed by atoms with Gasteiger partial charge < -0.3 is 4.57 Å². The van der Waals surface area contributed by atoms with E-state index in [1.54, 1.807) is 12.1 Å². The van der Waals surface area contributed by atoms with Crippen molar-refractivity contribution in [2.75, 3.05) is 11.5 Å². The van der Waals surface area contributed by atoms with E-state index in [-0.39, 0.29) is 29.5 Å². The quantitative estimate of drug-likeness (QED) is 0.326. The summed E-state index contributed by atoms with van der Waals surface area (Å²) in [6, 6.07) is 20.1. The van der Waals surface area contributed by atoms with Gasteiger partial charge in [0, 0.05) is 34.8 Å². The van der Waals surface area contributed by atoms with Crippen molar-refractivity contribution in [1.29, 1.82) is 0 Å². The van der Waals surface area contributed by atoms with E-state index in [2.05, 4.69) is 19.1 Å². The van der Waals surface area contributed by atoms with Gasteiger partial charge in [-0.15, -0.1) is 0 Å². The maximum Gasteiger partial charge on any atom is 0.163 e. The number of aromatic nitrogens is 1. The maximum absolute atomic E-state index is 13.6. The van der Waals surface area contributed by atoms with E-state index < -0.39 is 15.3 Å². The van der Waals surface area contributed by atoms with Gasteiger partial charge in [-0.25, -0.2) is 12.8 Å². The van der Waals surface area contributed by atoms with Gasteiger partial charge in [-0.1, -0.05) is 43.3 Å². The molecule has 1 saturated heterocycles. The molecule has 6 heteroatoms. The molecule has 5 rings (SSSR count). The monoisotopic (exact) mass is 475 g/mol. The van der Waals surface area contributed by atoms with Crippen LogP contribution in [0.4, 0.5) is 4.39 Å². The number of aryl methyl sites for hydroxylation is 1. The summed E-state index contributed by atoms with van der Waals surface area (Å²) >= 11 is 0. The number of sulfone groups is 1.